The highest BCUT2D eigenvalue weighted by Crippen LogP contribution is 2.20. The van der Waals surface area contributed by atoms with Gasteiger partial charge in [0.15, 0.2) is 11.6 Å². The van der Waals surface area contributed by atoms with Crippen LogP contribution in [0, 0.1) is 23.0 Å². The van der Waals surface area contributed by atoms with Crippen molar-refractivity contribution in [3.8, 4) is 6.07 Å². The van der Waals surface area contributed by atoms with E-state index in [4.69, 9.17) is 5.26 Å². The Kier molecular flexibility index (Phi) is 4.51. The fourth-order valence-corrected chi connectivity index (χ4v) is 2.20. The molecule has 0 unspecified atom stereocenters. The second-order valence-corrected chi connectivity index (χ2v) is 4.70. The molecule has 1 aromatic rings. The first-order chi connectivity index (χ1) is 9.63. The third-order valence-corrected chi connectivity index (χ3v) is 3.34. The number of hydrogen-bond acceptors (Lipinski definition) is 3. The Morgan fingerprint density at radius 2 is 1.95 bits per heavy atom. The number of anilines is 1. The summed E-state index contributed by atoms with van der Waals surface area (Å²) in [7, 11) is 0. The first kappa shape index (κ1) is 14.3. The predicted octanol–water partition coefficient (Wildman–Crippen LogP) is 2.26. The summed E-state index contributed by atoms with van der Waals surface area (Å²) in [6.45, 7) is 1.34. The smallest absolute Gasteiger partial charge is 0.241 e. The minimum Gasteiger partial charge on any atom is -0.374 e. The molecule has 0 aromatic heterocycles. The van der Waals surface area contributed by atoms with Crippen molar-refractivity contribution in [1.29, 1.82) is 5.26 Å². The van der Waals surface area contributed by atoms with Crippen LogP contribution in [-0.4, -0.2) is 30.4 Å². The first-order valence-electron chi connectivity index (χ1n) is 6.53. The Morgan fingerprint density at radius 3 is 2.60 bits per heavy atom. The van der Waals surface area contributed by atoms with Gasteiger partial charge in [0.1, 0.15) is 6.07 Å². The molecular weight excluding hydrogens is 264 g/mol. The normalized spacial score (nSPS) is 14.8. The number of carbonyl (C=O) groups excluding carboxylic acids is 1. The quantitative estimate of drug-likeness (QED) is 0.923. The molecule has 1 aromatic carbocycles. The molecule has 4 nitrogen and oxygen atoms in total. The lowest BCUT2D eigenvalue weighted by molar-refractivity contribution is -0.130. The molecule has 0 radical (unpaired) electrons. The number of carbonyl (C=O) groups is 1. The average molecular weight is 279 g/mol. The summed E-state index contributed by atoms with van der Waals surface area (Å²) >= 11 is 0. The summed E-state index contributed by atoms with van der Waals surface area (Å²) in [6.07, 6.45) is 3.07. The highest BCUT2D eigenvalue weighted by atomic mass is 19.2. The summed E-state index contributed by atoms with van der Waals surface area (Å²) in [5.74, 6) is -2.45. The first-order valence-corrected chi connectivity index (χ1v) is 6.53. The summed E-state index contributed by atoms with van der Waals surface area (Å²) in [6, 6.07) is 4.01. The number of piperidine rings is 1. The van der Waals surface area contributed by atoms with E-state index in [-0.39, 0.29) is 23.7 Å². The van der Waals surface area contributed by atoms with Gasteiger partial charge < -0.3 is 10.2 Å². The van der Waals surface area contributed by atoms with Gasteiger partial charge in [0, 0.05) is 13.1 Å². The van der Waals surface area contributed by atoms with Crippen LogP contribution in [0.25, 0.3) is 0 Å². The predicted molar refractivity (Wildman–Crippen MR) is 70.0 cm³/mol. The van der Waals surface area contributed by atoms with Gasteiger partial charge in [-0.3, -0.25) is 4.79 Å². The van der Waals surface area contributed by atoms with E-state index >= 15 is 0 Å². The third kappa shape index (κ3) is 3.05. The number of hydrogen-bond donors (Lipinski definition) is 1. The van der Waals surface area contributed by atoms with Crippen LogP contribution in [0.3, 0.4) is 0 Å². The molecule has 0 atom stereocenters. The van der Waals surface area contributed by atoms with Crippen molar-refractivity contribution in [3.63, 3.8) is 0 Å². The van der Waals surface area contributed by atoms with Crippen molar-refractivity contribution >= 4 is 11.6 Å². The molecule has 106 valence electrons. The highest BCUT2D eigenvalue weighted by molar-refractivity contribution is 5.81. The lowest BCUT2D eigenvalue weighted by Crippen LogP contribution is -2.39. The number of nitrogens with one attached hydrogen (secondary N) is 1. The van der Waals surface area contributed by atoms with Crippen molar-refractivity contribution in [3.05, 3.63) is 29.3 Å². The van der Waals surface area contributed by atoms with E-state index in [1.807, 2.05) is 0 Å². The van der Waals surface area contributed by atoms with Crippen LogP contribution in [-0.2, 0) is 4.79 Å². The molecule has 1 aliphatic heterocycles. The maximum absolute atomic E-state index is 13.6. The number of nitrogens with zero attached hydrogens (tertiary/aromatic N) is 2. The van der Waals surface area contributed by atoms with E-state index in [0.717, 1.165) is 19.3 Å². The minimum atomic E-state index is -1.19. The van der Waals surface area contributed by atoms with Crippen LogP contribution >= 0.6 is 0 Å². The van der Waals surface area contributed by atoms with Crippen molar-refractivity contribution < 1.29 is 13.6 Å². The van der Waals surface area contributed by atoms with Gasteiger partial charge in [-0.05, 0) is 31.4 Å². The fourth-order valence-electron chi connectivity index (χ4n) is 2.20. The molecule has 1 amide bonds. The zero-order valence-electron chi connectivity index (χ0n) is 11.0. The van der Waals surface area contributed by atoms with E-state index in [2.05, 4.69) is 5.32 Å². The van der Waals surface area contributed by atoms with Crippen LogP contribution in [0.4, 0.5) is 14.5 Å². The molecule has 1 aliphatic rings. The topological polar surface area (TPSA) is 56.1 Å². The second-order valence-electron chi connectivity index (χ2n) is 4.70. The van der Waals surface area contributed by atoms with E-state index in [0.29, 0.717) is 13.1 Å². The highest BCUT2D eigenvalue weighted by Gasteiger charge is 2.18. The molecule has 0 saturated carbocycles. The van der Waals surface area contributed by atoms with Crippen LogP contribution in [0.5, 0.6) is 0 Å². The lowest BCUT2D eigenvalue weighted by Gasteiger charge is -2.26. The number of nitriles is 1. The maximum atomic E-state index is 13.6. The van der Waals surface area contributed by atoms with Crippen molar-refractivity contribution in [2.75, 3.05) is 25.0 Å². The van der Waals surface area contributed by atoms with Crippen LogP contribution < -0.4 is 5.32 Å². The fraction of sp³-hybridized carbons (Fsp3) is 0.429. The third-order valence-electron chi connectivity index (χ3n) is 3.34. The zero-order valence-corrected chi connectivity index (χ0v) is 11.0. The number of rotatable bonds is 3. The average Bonchev–Trinajstić information content (AvgIpc) is 2.49. The molecule has 0 bridgehead atoms. The zero-order chi connectivity index (χ0) is 14.5. The van der Waals surface area contributed by atoms with E-state index in [1.54, 1.807) is 11.0 Å². The monoisotopic (exact) mass is 279 g/mol. The largest absolute Gasteiger partial charge is 0.374 e. The Morgan fingerprint density at radius 1 is 1.25 bits per heavy atom. The minimum absolute atomic E-state index is 0.0811. The van der Waals surface area contributed by atoms with Gasteiger partial charge in [-0.1, -0.05) is 0 Å². The molecule has 2 rings (SSSR count). The second kappa shape index (κ2) is 6.33. The van der Waals surface area contributed by atoms with E-state index < -0.39 is 11.6 Å². The van der Waals surface area contributed by atoms with E-state index in [1.165, 1.54) is 12.1 Å². The number of amides is 1. The summed E-state index contributed by atoms with van der Waals surface area (Å²) in [5, 5.41) is 11.2. The molecule has 1 heterocycles. The van der Waals surface area contributed by atoms with Gasteiger partial charge in [0.2, 0.25) is 5.91 Å². The SMILES string of the molecule is N#Cc1ccc(NCC(=O)N2CCCCC2)c(F)c1F. The van der Waals surface area contributed by atoms with E-state index in [9.17, 15) is 13.6 Å². The molecule has 6 heteroatoms. The summed E-state index contributed by atoms with van der Waals surface area (Å²) in [5.41, 5.74) is -0.456. The van der Waals surface area contributed by atoms with Gasteiger partial charge in [-0.15, -0.1) is 0 Å². The standard InChI is InChI=1S/C14H15F2N3O/c15-13-10(8-17)4-5-11(14(13)16)18-9-12(20)19-6-2-1-3-7-19/h4-5,18H,1-3,6-7,9H2. The summed E-state index contributed by atoms with van der Waals surface area (Å²) in [4.78, 5) is 13.6. The van der Waals surface area contributed by atoms with Gasteiger partial charge in [0.05, 0.1) is 17.8 Å². The Labute approximate surface area is 116 Å². The van der Waals surface area contributed by atoms with Crippen molar-refractivity contribution in [1.82, 2.24) is 4.90 Å². The molecular formula is C14H15F2N3O. The lowest BCUT2D eigenvalue weighted by atomic mass is 10.1. The molecule has 1 saturated heterocycles. The summed E-state index contributed by atoms with van der Waals surface area (Å²) < 4.78 is 27.0. The molecule has 1 fully saturated rings. The van der Waals surface area contributed by atoms with Gasteiger partial charge in [0.25, 0.3) is 0 Å². The maximum Gasteiger partial charge on any atom is 0.241 e. The Bertz CT molecular complexity index is 548. The molecule has 1 N–H and O–H groups in total. The van der Waals surface area contributed by atoms with Gasteiger partial charge in [-0.25, -0.2) is 8.78 Å². The Hall–Kier alpha value is -2.16. The molecule has 0 spiro atoms. The van der Waals surface area contributed by atoms with Crippen molar-refractivity contribution in [2.45, 2.75) is 19.3 Å². The Balaban J connectivity index is 1.99. The molecule has 20 heavy (non-hydrogen) atoms. The van der Waals surface area contributed by atoms with Crippen LogP contribution in [0.2, 0.25) is 0 Å². The van der Waals surface area contributed by atoms with Crippen molar-refractivity contribution in [2.24, 2.45) is 0 Å². The van der Waals surface area contributed by atoms with Gasteiger partial charge in [-0.2, -0.15) is 5.26 Å². The van der Waals surface area contributed by atoms with Crippen LogP contribution in [0.15, 0.2) is 12.1 Å². The number of halogens is 2. The van der Waals surface area contributed by atoms with Gasteiger partial charge >= 0.3 is 0 Å². The number of benzene rings is 1. The number of likely N-dealkylation sites (tertiary alicyclic amines) is 1. The molecule has 0 aliphatic carbocycles. The van der Waals surface area contributed by atoms with Crippen LogP contribution in [0.1, 0.15) is 24.8 Å².